The summed E-state index contributed by atoms with van der Waals surface area (Å²) in [7, 11) is 1.09. The second-order valence-corrected chi connectivity index (χ2v) is 4.86. The Hall–Kier alpha value is -1.28. The number of rotatable bonds is 3. The lowest BCUT2D eigenvalue weighted by Gasteiger charge is -2.09. The maximum Gasteiger partial charge on any atom is 0.434 e. The summed E-state index contributed by atoms with van der Waals surface area (Å²) in [5.74, 6) is -0.739. The summed E-state index contributed by atoms with van der Waals surface area (Å²) in [6.07, 6.45) is -3.05. The Morgan fingerprint density at radius 3 is 2.80 bits per heavy atom. The van der Waals surface area contributed by atoms with E-state index in [0.29, 0.717) is 11.3 Å². The van der Waals surface area contributed by atoms with E-state index < -0.39 is 28.5 Å². The van der Waals surface area contributed by atoms with Crippen molar-refractivity contribution in [2.45, 2.75) is 25.1 Å². The van der Waals surface area contributed by atoms with Crippen LogP contribution >= 0.6 is 11.6 Å². The minimum atomic E-state index is -4.66. The highest BCUT2D eigenvalue weighted by Gasteiger charge is 2.40. The molecule has 2 heterocycles. The molecule has 9 heteroatoms. The number of aryl methyl sites for hydroxylation is 1. The largest absolute Gasteiger partial charge is 0.434 e. The van der Waals surface area contributed by atoms with Crippen molar-refractivity contribution in [1.29, 1.82) is 0 Å². The summed E-state index contributed by atoms with van der Waals surface area (Å²) in [6.45, 7) is 0.857. The van der Waals surface area contributed by atoms with E-state index in [4.69, 9.17) is 16.3 Å². The molecule has 0 radical (unpaired) electrons. The Kier molecular flexibility index (Phi) is 4.24. The van der Waals surface area contributed by atoms with Crippen LogP contribution in [0.4, 0.5) is 13.2 Å². The third-order valence-corrected chi connectivity index (χ3v) is 3.35. The van der Waals surface area contributed by atoms with Crippen molar-refractivity contribution in [3.8, 4) is 0 Å². The van der Waals surface area contributed by atoms with Crippen molar-refractivity contribution in [1.82, 2.24) is 15.1 Å². The summed E-state index contributed by atoms with van der Waals surface area (Å²) < 4.78 is 44.0. The van der Waals surface area contributed by atoms with Gasteiger partial charge in [-0.25, -0.2) is 0 Å². The second kappa shape index (κ2) is 5.61. The number of aromatic nitrogens is 2. The van der Waals surface area contributed by atoms with Gasteiger partial charge in [0.2, 0.25) is 0 Å². The molecule has 20 heavy (non-hydrogen) atoms. The monoisotopic (exact) mass is 311 g/mol. The highest BCUT2D eigenvalue weighted by molar-refractivity contribution is 6.34. The SMILES string of the molecule is Cn1nc(C(=O)NCC2CCCO2)c(Cl)c1C(F)(F)F. The Balaban J connectivity index is 2.10. The van der Waals surface area contributed by atoms with E-state index in [0.717, 1.165) is 19.9 Å². The zero-order valence-corrected chi connectivity index (χ0v) is 11.4. The molecule has 5 nitrogen and oxygen atoms in total. The van der Waals surface area contributed by atoms with Crippen LogP contribution in [-0.4, -0.2) is 34.9 Å². The number of ether oxygens (including phenoxy) is 1. The van der Waals surface area contributed by atoms with Crippen LogP contribution < -0.4 is 5.32 Å². The number of amides is 1. The molecule has 1 saturated heterocycles. The smallest absolute Gasteiger partial charge is 0.376 e. The number of alkyl halides is 3. The molecule has 0 aromatic carbocycles. The van der Waals surface area contributed by atoms with Gasteiger partial charge in [-0.15, -0.1) is 0 Å². The molecule has 1 fully saturated rings. The van der Waals surface area contributed by atoms with Gasteiger partial charge in [-0.3, -0.25) is 9.48 Å². The number of nitrogens with one attached hydrogen (secondary N) is 1. The minimum absolute atomic E-state index is 0.108. The van der Waals surface area contributed by atoms with Gasteiger partial charge < -0.3 is 10.1 Å². The first-order valence-corrected chi connectivity index (χ1v) is 6.38. The van der Waals surface area contributed by atoms with Crippen LogP contribution in [0, 0.1) is 0 Å². The number of carbonyl (C=O) groups excluding carboxylic acids is 1. The van der Waals surface area contributed by atoms with E-state index in [1.165, 1.54) is 0 Å². The van der Waals surface area contributed by atoms with E-state index in [1.807, 2.05) is 0 Å². The van der Waals surface area contributed by atoms with Crippen LogP contribution in [0.3, 0.4) is 0 Å². The van der Waals surface area contributed by atoms with Crippen molar-refractivity contribution < 1.29 is 22.7 Å². The van der Waals surface area contributed by atoms with Gasteiger partial charge in [0.15, 0.2) is 11.4 Å². The van der Waals surface area contributed by atoms with Gasteiger partial charge in [-0.05, 0) is 12.8 Å². The van der Waals surface area contributed by atoms with Gasteiger partial charge in [0.25, 0.3) is 5.91 Å². The molecule has 1 aromatic heterocycles. The molecule has 1 unspecified atom stereocenters. The molecule has 0 saturated carbocycles. The van der Waals surface area contributed by atoms with E-state index in [-0.39, 0.29) is 12.6 Å². The standard InChI is InChI=1S/C11H13ClF3N3O2/c1-18-9(11(13,14)15)7(12)8(17-18)10(19)16-5-6-3-2-4-20-6/h6H,2-5H2,1H3,(H,16,19). The lowest BCUT2D eigenvalue weighted by molar-refractivity contribution is -0.143. The Bertz CT molecular complexity index is 510. The molecule has 2 rings (SSSR count). The molecule has 1 amide bonds. The highest BCUT2D eigenvalue weighted by atomic mass is 35.5. The third-order valence-electron chi connectivity index (χ3n) is 2.99. The first kappa shape index (κ1) is 15.1. The molecular formula is C11H13ClF3N3O2. The van der Waals surface area contributed by atoms with Gasteiger partial charge in [-0.1, -0.05) is 11.6 Å². The topological polar surface area (TPSA) is 56.2 Å². The third kappa shape index (κ3) is 3.06. The van der Waals surface area contributed by atoms with Crippen LogP contribution in [0.1, 0.15) is 29.0 Å². The fraction of sp³-hybridized carbons (Fsp3) is 0.636. The molecule has 1 aliphatic rings. The first-order chi connectivity index (χ1) is 9.30. The minimum Gasteiger partial charge on any atom is -0.376 e. The lowest BCUT2D eigenvalue weighted by atomic mass is 10.2. The van der Waals surface area contributed by atoms with Crippen LogP contribution in [0.15, 0.2) is 0 Å². The van der Waals surface area contributed by atoms with Crippen LogP contribution in [0.2, 0.25) is 5.02 Å². The Labute approximate surface area is 118 Å². The number of carbonyl (C=O) groups is 1. The van der Waals surface area contributed by atoms with Crippen molar-refractivity contribution in [3.63, 3.8) is 0 Å². The van der Waals surface area contributed by atoms with Crippen LogP contribution in [0.25, 0.3) is 0 Å². The lowest BCUT2D eigenvalue weighted by Crippen LogP contribution is -2.32. The van der Waals surface area contributed by atoms with Gasteiger partial charge in [0.05, 0.1) is 6.10 Å². The Morgan fingerprint density at radius 1 is 1.60 bits per heavy atom. The summed E-state index contributed by atoms with van der Waals surface area (Å²) in [4.78, 5) is 11.8. The zero-order valence-electron chi connectivity index (χ0n) is 10.6. The molecule has 0 spiro atoms. The number of hydrogen-bond donors (Lipinski definition) is 1. The van der Waals surface area contributed by atoms with Crippen molar-refractivity contribution in [2.24, 2.45) is 7.05 Å². The maximum atomic E-state index is 12.7. The molecule has 0 bridgehead atoms. The molecule has 1 N–H and O–H groups in total. The quantitative estimate of drug-likeness (QED) is 0.929. The molecule has 1 aliphatic heterocycles. The van der Waals surface area contributed by atoms with Gasteiger partial charge in [0.1, 0.15) is 5.02 Å². The van der Waals surface area contributed by atoms with E-state index >= 15 is 0 Å². The first-order valence-electron chi connectivity index (χ1n) is 6.00. The van der Waals surface area contributed by atoms with Crippen LogP contribution in [0.5, 0.6) is 0 Å². The van der Waals surface area contributed by atoms with Crippen molar-refractivity contribution in [3.05, 3.63) is 16.4 Å². The van der Waals surface area contributed by atoms with Gasteiger partial charge in [-0.2, -0.15) is 18.3 Å². The van der Waals surface area contributed by atoms with E-state index in [1.54, 1.807) is 0 Å². The zero-order chi connectivity index (χ0) is 14.9. The average molecular weight is 312 g/mol. The molecule has 112 valence electrons. The van der Waals surface area contributed by atoms with E-state index in [2.05, 4.69) is 10.4 Å². The number of hydrogen-bond acceptors (Lipinski definition) is 3. The fourth-order valence-electron chi connectivity index (χ4n) is 2.05. The van der Waals surface area contributed by atoms with Crippen molar-refractivity contribution in [2.75, 3.05) is 13.2 Å². The van der Waals surface area contributed by atoms with Gasteiger partial charge >= 0.3 is 6.18 Å². The Morgan fingerprint density at radius 2 is 2.30 bits per heavy atom. The molecule has 0 aliphatic carbocycles. The average Bonchev–Trinajstić information content (AvgIpc) is 2.93. The summed E-state index contributed by atoms with van der Waals surface area (Å²) in [5, 5.41) is 5.33. The highest BCUT2D eigenvalue weighted by Crippen LogP contribution is 2.35. The molecular weight excluding hydrogens is 299 g/mol. The summed E-state index contributed by atoms with van der Waals surface area (Å²) in [5.41, 5.74) is -1.57. The number of nitrogens with zero attached hydrogens (tertiary/aromatic N) is 2. The second-order valence-electron chi connectivity index (χ2n) is 4.48. The van der Waals surface area contributed by atoms with Crippen molar-refractivity contribution >= 4 is 17.5 Å². The van der Waals surface area contributed by atoms with E-state index in [9.17, 15) is 18.0 Å². The van der Waals surface area contributed by atoms with Gasteiger partial charge in [0, 0.05) is 20.2 Å². The fourth-order valence-corrected chi connectivity index (χ4v) is 2.40. The molecule has 1 atom stereocenters. The van der Waals surface area contributed by atoms with Crippen LogP contribution in [-0.2, 0) is 18.0 Å². The molecule has 1 aromatic rings. The predicted octanol–water partition coefficient (Wildman–Crippen LogP) is 2.00. The number of halogens is 4. The normalized spacial score (nSPS) is 19.4. The summed E-state index contributed by atoms with van der Waals surface area (Å²) in [6, 6.07) is 0. The maximum absolute atomic E-state index is 12.7. The predicted molar refractivity (Wildman–Crippen MR) is 64.5 cm³/mol. The summed E-state index contributed by atoms with van der Waals surface area (Å²) >= 11 is 5.61.